The first-order valence-corrected chi connectivity index (χ1v) is 11.2. The first-order valence-electron chi connectivity index (χ1n) is 11.2. The Balaban J connectivity index is 1.45. The lowest BCUT2D eigenvalue weighted by molar-refractivity contribution is 0.0949. The third-order valence-electron chi connectivity index (χ3n) is 6.09. The molecule has 1 aliphatic heterocycles. The fourth-order valence-electron chi connectivity index (χ4n) is 4.26. The minimum atomic E-state index is -0.299. The van der Waals surface area contributed by atoms with Crippen LogP contribution in [0.2, 0.25) is 0 Å². The van der Waals surface area contributed by atoms with Crippen molar-refractivity contribution in [2.24, 2.45) is 0 Å². The van der Waals surface area contributed by atoms with Crippen LogP contribution in [-0.2, 0) is 13.1 Å². The Morgan fingerprint density at radius 2 is 2.00 bits per heavy atom. The fourth-order valence-corrected chi connectivity index (χ4v) is 4.26. The van der Waals surface area contributed by atoms with E-state index in [2.05, 4.69) is 40.3 Å². The molecule has 7 heteroatoms. The van der Waals surface area contributed by atoms with Crippen molar-refractivity contribution in [1.29, 1.82) is 0 Å². The molecule has 1 aromatic heterocycles. The molecule has 6 nitrogen and oxygen atoms in total. The Morgan fingerprint density at radius 1 is 1.21 bits per heavy atom. The van der Waals surface area contributed by atoms with Crippen molar-refractivity contribution in [3.8, 4) is 5.75 Å². The number of aryl methyl sites for hydroxylation is 2. The molecule has 33 heavy (non-hydrogen) atoms. The van der Waals surface area contributed by atoms with Crippen molar-refractivity contribution >= 4 is 5.91 Å². The van der Waals surface area contributed by atoms with E-state index in [4.69, 9.17) is 9.72 Å². The topological polar surface area (TPSA) is 67.3 Å². The van der Waals surface area contributed by atoms with Crippen LogP contribution in [0.15, 0.2) is 48.7 Å². The molecular weight excluding hydrogens is 419 g/mol. The highest BCUT2D eigenvalue weighted by Gasteiger charge is 2.29. The van der Waals surface area contributed by atoms with Gasteiger partial charge in [-0.25, -0.2) is 14.4 Å². The van der Waals surface area contributed by atoms with E-state index >= 15 is 0 Å². The molecule has 4 rings (SSSR count). The highest BCUT2D eigenvalue weighted by molar-refractivity contribution is 5.94. The van der Waals surface area contributed by atoms with Gasteiger partial charge in [-0.1, -0.05) is 24.3 Å². The Kier molecular flexibility index (Phi) is 6.99. The van der Waals surface area contributed by atoms with Gasteiger partial charge in [0.25, 0.3) is 5.91 Å². The second-order valence-electron chi connectivity index (χ2n) is 8.48. The van der Waals surface area contributed by atoms with E-state index in [1.165, 1.54) is 17.7 Å². The molecule has 0 aliphatic carbocycles. The normalized spacial score (nSPS) is 16.1. The van der Waals surface area contributed by atoms with Crippen LogP contribution in [-0.4, -0.2) is 34.4 Å². The molecule has 172 valence electrons. The minimum absolute atomic E-state index is 0.103. The van der Waals surface area contributed by atoms with Gasteiger partial charge < -0.3 is 10.1 Å². The molecule has 1 N–H and O–H groups in total. The Morgan fingerprint density at radius 3 is 2.73 bits per heavy atom. The van der Waals surface area contributed by atoms with Crippen molar-refractivity contribution < 1.29 is 13.9 Å². The molecule has 3 aromatic rings. The highest BCUT2D eigenvalue weighted by atomic mass is 19.1. The summed E-state index contributed by atoms with van der Waals surface area (Å²) in [7, 11) is 1.70. The summed E-state index contributed by atoms with van der Waals surface area (Å²) in [5.41, 5.74) is 4.24. The van der Waals surface area contributed by atoms with Crippen LogP contribution in [0.1, 0.15) is 57.5 Å². The number of amides is 1. The van der Waals surface area contributed by atoms with Crippen LogP contribution < -0.4 is 10.1 Å². The molecule has 0 radical (unpaired) electrons. The number of aromatic nitrogens is 2. The molecule has 2 aromatic carbocycles. The number of rotatable bonds is 7. The first kappa shape index (κ1) is 22.9. The lowest BCUT2D eigenvalue weighted by Crippen LogP contribution is -2.27. The Bertz CT molecular complexity index is 1130. The summed E-state index contributed by atoms with van der Waals surface area (Å²) in [6, 6.07) is 12.4. The van der Waals surface area contributed by atoms with Gasteiger partial charge in [-0.2, -0.15) is 0 Å². The van der Waals surface area contributed by atoms with E-state index in [9.17, 15) is 9.18 Å². The van der Waals surface area contributed by atoms with Gasteiger partial charge in [0.2, 0.25) is 0 Å². The second kappa shape index (κ2) is 10.1. The van der Waals surface area contributed by atoms with Crippen LogP contribution >= 0.6 is 0 Å². The Labute approximate surface area is 193 Å². The summed E-state index contributed by atoms with van der Waals surface area (Å²) in [6.07, 6.45) is 3.66. The molecule has 1 amide bonds. The maximum absolute atomic E-state index is 13.1. The van der Waals surface area contributed by atoms with Gasteiger partial charge in [-0.3, -0.25) is 9.69 Å². The maximum atomic E-state index is 13.1. The van der Waals surface area contributed by atoms with Crippen LogP contribution in [0.3, 0.4) is 0 Å². The fraction of sp³-hybridized carbons (Fsp3) is 0.346. The van der Waals surface area contributed by atoms with Crippen molar-refractivity contribution in [3.63, 3.8) is 0 Å². The highest BCUT2D eigenvalue weighted by Crippen LogP contribution is 2.33. The van der Waals surface area contributed by atoms with Crippen LogP contribution in [0.25, 0.3) is 0 Å². The molecule has 2 heterocycles. The van der Waals surface area contributed by atoms with Crippen molar-refractivity contribution in [1.82, 2.24) is 20.2 Å². The smallest absolute Gasteiger partial charge is 0.254 e. The molecule has 1 saturated heterocycles. The summed E-state index contributed by atoms with van der Waals surface area (Å²) >= 11 is 0. The molecule has 1 aliphatic rings. The number of hydrogen-bond donors (Lipinski definition) is 1. The zero-order valence-electron chi connectivity index (χ0n) is 19.3. The van der Waals surface area contributed by atoms with Crippen LogP contribution in [0.4, 0.5) is 4.39 Å². The SMILES string of the molecule is COc1cc(C)ccc1CN1CCCC1c1ncc(C(=O)NCc2ccc(F)cc2)c(C)n1. The number of carbonyl (C=O) groups is 1. The van der Waals surface area contributed by atoms with Gasteiger partial charge in [-0.15, -0.1) is 0 Å². The van der Waals surface area contributed by atoms with E-state index in [-0.39, 0.29) is 17.8 Å². The molecular formula is C26H29FN4O2. The summed E-state index contributed by atoms with van der Waals surface area (Å²) in [5.74, 6) is 1.10. The third kappa shape index (κ3) is 5.37. The van der Waals surface area contributed by atoms with E-state index in [1.54, 1.807) is 25.4 Å². The number of halogens is 1. The summed E-state index contributed by atoms with van der Waals surface area (Å²) < 4.78 is 18.6. The number of carbonyl (C=O) groups excluding carboxylic acids is 1. The quantitative estimate of drug-likeness (QED) is 0.576. The number of hydrogen-bond acceptors (Lipinski definition) is 5. The van der Waals surface area contributed by atoms with E-state index in [0.717, 1.165) is 48.6 Å². The number of ether oxygens (including phenoxy) is 1. The second-order valence-corrected chi connectivity index (χ2v) is 8.48. The third-order valence-corrected chi connectivity index (χ3v) is 6.09. The molecule has 1 unspecified atom stereocenters. The first-order chi connectivity index (χ1) is 15.9. The van der Waals surface area contributed by atoms with Crippen molar-refractivity contribution in [2.45, 2.75) is 45.8 Å². The summed E-state index contributed by atoms with van der Waals surface area (Å²) in [4.78, 5) is 24.3. The predicted octanol–water partition coefficient (Wildman–Crippen LogP) is 4.51. The maximum Gasteiger partial charge on any atom is 0.254 e. The van der Waals surface area contributed by atoms with Crippen LogP contribution in [0.5, 0.6) is 5.75 Å². The number of likely N-dealkylation sites (tertiary alicyclic amines) is 1. The molecule has 0 saturated carbocycles. The van der Waals surface area contributed by atoms with Gasteiger partial charge >= 0.3 is 0 Å². The lowest BCUT2D eigenvalue weighted by Gasteiger charge is -2.24. The van der Waals surface area contributed by atoms with E-state index in [0.29, 0.717) is 17.8 Å². The number of benzene rings is 2. The number of nitrogens with one attached hydrogen (secondary N) is 1. The zero-order valence-corrected chi connectivity index (χ0v) is 19.3. The summed E-state index contributed by atoms with van der Waals surface area (Å²) in [6.45, 7) is 5.93. The van der Waals surface area contributed by atoms with Crippen molar-refractivity contribution in [2.75, 3.05) is 13.7 Å². The standard InChI is InChI=1S/C26H29FN4O2/c1-17-6-9-20(24(13-17)33-3)16-31-12-4-5-23(31)25-28-15-22(18(2)30-25)26(32)29-14-19-7-10-21(27)11-8-19/h6-11,13,15,23H,4-5,12,14,16H2,1-3H3,(H,29,32). The summed E-state index contributed by atoms with van der Waals surface area (Å²) in [5, 5.41) is 2.86. The lowest BCUT2D eigenvalue weighted by atomic mass is 10.1. The number of nitrogens with zero attached hydrogens (tertiary/aromatic N) is 3. The average Bonchev–Trinajstić information content (AvgIpc) is 3.27. The average molecular weight is 449 g/mol. The van der Waals surface area contributed by atoms with Gasteiger partial charge in [0.1, 0.15) is 17.4 Å². The minimum Gasteiger partial charge on any atom is -0.496 e. The number of methoxy groups -OCH3 is 1. The zero-order chi connectivity index (χ0) is 23.4. The monoisotopic (exact) mass is 448 g/mol. The van der Waals surface area contributed by atoms with Gasteiger partial charge in [-0.05, 0) is 62.6 Å². The van der Waals surface area contributed by atoms with Crippen molar-refractivity contribution in [3.05, 3.63) is 88.3 Å². The van der Waals surface area contributed by atoms with Crippen LogP contribution in [0, 0.1) is 19.7 Å². The molecule has 0 bridgehead atoms. The van der Waals surface area contributed by atoms with Gasteiger partial charge in [0.15, 0.2) is 0 Å². The molecule has 1 fully saturated rings. The largest absolute Gasteiger partial charge is 0.496 e. The van der Waals surface area contributed by atoms with Gasteiger partial charge in [0, 0.05) is 24.8 Å². The van der Waals surface area contributed by atoms with Gasteiger partial charge in [0.05, 0.1) is 24.4 Å². The molecule has 1 atom stereocenters. The van der Waals surface area contributed by atoms with E-state index in [1.807, 2.05) is 6.92 Å². The predicted molar refractivity (Wildman–Crippen MR) is 124 cm³/mol. The van der Waals surface area contributed by atoms with E-state index < -0.39 is 0 Å². The molecule has 0 spiro atoms. The Hall–Kier alpha value is -3.32.